The number of benzene rings is 2. The van der Waals surface area contributed by atoms with Crippen LogP contribution in [-0.2, 0) is 5.41 Å². The van der Waals surface area contributed by atoms with Gasteiger partial charge in [0.2, 0.25) is 5.91 Å². The molecule has 0 heterocycles. The Hall–Kier alpha value is -1.75. The number of amides is 1. The molecular formula is C21H24Cl2N2O2. The Morgan fingerprint density at radius 1 is 1.22 bits per heavy atom. The van der Waals surface area contributed by atoms with Crippen molar-refractivity contribution in [2.45, 2.75) is 25.2 Å². The van der Waals surface area contributed by atoms with Crippen molar-refractivity contribution in [3.05, 3.63) is 62.6 Å². The van der Waals surface area contributed by atoms with Crippen molar-refractivity contribution in [2.75, 3.05) is 27.2 Å². The summed E-state index contributed by atoms with van der Waals surface area (Å²) in [6.45, 7) is 3.23. The fourth-order valence-electron chi connectivity index (χ4n) is 3.55. The molecule has 2 aromatic carbocycles. The molecule has 0 aliphatic heterocycles. The summed E-state index contributed by atoms with van der Waals surface area (Å²) >= 11 is 12.8. The van der Waals surface area contributed by atoms with Gasteiger partial charge in [0.25, 0.3) is 0 Å². The van der Waals surface area contributed by atoms with Crippen LogP contribution in [0.15, 0.2) is 30.3 Å². The van der Waals surface area contributed by atoms with Gasteiger partial charge in [-0.25, -0.2) is 0 Å². The highest BCUT2D eigenvalue weighted by Gasteiger charge is 2.48. The molecule has 0 spiro atoms. The summed E-state index contributed by atoms with van der Waals surface area (Å²) in [7, 11) is 3.97. The summed E-state index contributed by atoms with van der Waals surface area (Å²) in [5, 5.41) is 1.10. The highest BCUT2D eigenvalue weighted by Crippen LogP contribution is 2.57. The van der Waals surface area contributed by atoms with Gasteiger partial charge in [0.05, 0.1) is 10.0 Å². The number of rotatable bonds is 7. The van der Waals surface area contributed by atoms with Crippen LogP contribution in [0.1, 0.15) is 39.9 Å². The molecule has 1 amide bonds. The van der Waals surface area contributed by atoms with Gasteiger partial charge in [-0.2, -0.15) is 0 Å². The maximum Gasteiger partial charge on any atom is 0.249 e. The van der Waals surface area contributed by atoms with Crippen molar-refractivity contribution in [1.29, 1.82) is 0 Å². The second kappa shape index (κ2) is 7.70. The van der Waals surface area contributed by atoms with Crippen molar-refractivity contribution < 1.29 is 9.53 Å². The van der Waals surface area contributed by atoms with Crippen molar-refractivity contribution in [3.8, 4) is 5.75 Å². The SMILES string of the molecule is Cc1c(C(N)=O)cc(OCCN(C)C)cc1C1(c2cccc(Cl)c2Cl)CC1. The summed E-state index contributed by atoms with van der Waals surface area (Å²) in [5.41, 5.74) is 8.75. The number of carbonyl (C=O) groups is 1. The minimum absolute atomic E-state index is 0.253. The molecule has 1 aliphatic carbocycles. The smallest absolute Gasteiger partial charge is 0.249 e. The summed E-state index contributed by atoms with van der Waals surface area (Å²) < 4.78 is 5.91. The van der Waals surface area contributed by atoms with Gasteiger partial charge < -0.3 is 15.4 Å². The molecule has 2 aromatic rings. The van der Waals surface area contributed by atoms with Crippen LogP contribution in [-0.4, -0.2) is 38.1 Å². The molecule has 2 N–H and O–H groups in total. The van der Waals surface area contributed by atoms with Gasteiger partial charge in [-0.15, -0.1) is 0 Å². The number of hydrogen-bond donors (Lipinski definition) is 1. The lowest BCUT2D eigenvalue weighted by Crippen LogP contribution is -2.21. The molecule has 0 atom stereocenters. The van der Waals surface area contributed by atoms with Gasteiger partial charge in [-0.3, -0.25) is 4.79 Å². The van der Waals surface area contributed by atoms with E-state index in [4.69, 9.17) is 33.7 Å². The first kappa shape index (κ1) is 20.0. The molecule has 0 unspecified atom stereocenters. The summed E-state index contributed by atoms with van der Waals surface area (Å²) in [4.78, 5) is 14.1. The van der Waals surface area contributed by atoms with Crippen molar-refractivity contribution in [3.63, 3.8) is 0 Å². The van der Waals surface area contributed by atoms with E-state index in [1.165, 1.54) is 0 Å². The van der Waals surface area contributed by atoms with E-state index in [-0.39, 0.29) is 5.41 Å². The second-order valence-corrected chi connectivity index (χ2v) is 8.13. The number of halogens is 2. The minimum Gasteiger partial charge on any atom is -0.492 e. The van der Waals surface area contributed by atoms with Crippen LogP contribution in [0, 0.1) is 6.92 Å². The zero-order chi connectivity index (χ0) is 19.8. The van der Waals surface area contributed by atoms with Crippen LogP contribution >= 0.6 is 23.2 Å². The zero-order valence-corrected chi connectivity index (χ0v) is 17.3. The molecule has 27 heavy (non-hydrogen) atoms. The van der Waals surface area contributed by atoms with Gasteiger partial charge in [0.1, 0.15) is 12.4 Å². The molecule has 0 bridgehead atoms. The number of nitrogens with zero attached hydrogens (tertiary/aromatic N) is 1. The maximum atomic E-state index is 12.0. The highest BCUT2D eigenvalue weighted by molar-refractivity contribution is 6.42. The standard InChI is InChI=1S/C21H24Cl2N2O2/c1-13-15(20(24)26)11-14(27-10-9-25(2)3)12-17(13)21(7-8-21)16-5-4-6-18(22)19(16)23/h4-6,11-12H,7-10H2,1-3H3,(H2,24,26). The molecule has 4 nitrogen and oxygen atoms in total. The number of ether oxygens (including phenoxy) is 1. The van der Waals surface area contributed by atoms with E-state index in [1.807, 2.05) is 44.1 Å². The molecule has 1 saturated carbocycles. The highest BCUT2D eigenvalue weighted by atomic mass is 35.5. The largest absolute Gasteiger partial charge is 0.492 e. The third-order valence-corrected chi connectivity index (χ3v) is 6.01. The normalized spacial score (nSPS) is 15.0. The number of hydrogen-bond acceptors (Lipinski definition) is 3. The van der Waals surface area contributed by atoms with Crippen LogP contribution in [0.5, 0.6) is 5.75 Å². The monoisotopic (exact) mass is 406 g/mol. The van der Waals surface area contributed by atoms with Crippen LogP contribution in [0.2, 0.25) is 10.0 Å². The third kappa shape index (κ3) is 3.93. The quantitative estimate of drug-likeness (QED) is 0.739. The lowest BCUT2D eigenvalue weighted by atomic mass is 9.83. The fraction of sp³-hybridized carbons (Fsp3) is 0.381. The first-order valence-electron chi connectivity index (χ1n) is 8.93. The first-order chi connectivity index (χ1) is 12.8. The Bertz CT molecular complexity index is 877. The van der Waals surface area contributed by atoms with Crippen LogP contribution in [0.25, 0.3) is 0 Å². The second-order valence-electron chi connectivity index (χ2n) is 7.34. The fourth-order valence-corrected chi connectivity index (χ4v) is 4.03. The molecule has 3 rings (SSSR count). The Kier molecular flexibility index (Phi) is 5.71. The van der Waals surface area contributed by atoms with Gasteiger partial charge >= 0.3 is 0 Å². The average molecular weight is 407 g/mol. The molecule has 1 fully saturated rings. The van der Waals surface area contributed by atoms with Crippen LogP contribution in [0.3, 0.4) is 0 Å². The Morgan fingerprint density at radius 3 is 2.52 bits per heavy atom. The molecule has 144 valence electrons. The van der Waals surface area contributed by atoms with E-state index in [2.05, 4.69) is 0 Å². The van der Waals surface area contributed by atoms with E-state index in [1.54, 1.807) is 12.1 Å². The molecule has 0 radical (unpaired) electrons. The van der Waals surface area contributed by atoms with Gasteiger partial charge in [-0.05, 0) is 68.8 Å². The van der Waals surface area contributed by atoms with Gasteiger partial charge in [0, 0.05) is 17.5 Å². The molecule has 1 aliphatic rings. The van der Waals surface area contributed by atoms with E-state index in [0.29, 0.717) is 28.0 Å². The Labute approximate surface area is 170 Å². The van der Waals surface area contributed by atoms with Crippen molar-refractivity contribution in [2.24, 2.45) is 5.73 Å². The van der Waals surface area contributed by atoms with Crippen LogP contribution in [0.4, 0.5) is 0 Å². The van der Waals surface area contributed by atoms with E-state index in [9.17, 15) is 4.79 Å². The lowest BCUT2D eigenvalue weighted by Gasteiger charge is -2.23. The summed E-state index contributed by atoms with van der Waals surface area (Å²) in [6.07, 6.45) is 1.88. The van der Waals surface area contributed by atoms with Crippen LogP contribution < -0.4 is 10.5 Å². The number of likely N-dealkylation sites (N-methyl/N-ethyl adjacent to an activating group) is 1. The molecule has 6 heteroatoms. The van der Waals surface area contributed by atoms with Gasteiger partial charge in [0.15, 0.2) is 0 Å². The average Bonchev–Trinajstić information content (AvgIpc) is 3.39. The maximum absolute atomic E-state index is 12.0. The first-order valence-corrected chi connectivity index (χ1v) is 9.69. The van der Waals surface area contributed by atoms with Crippen molar-refractivity contribution >= 4 is 29.1 Å². The Morgan fingerprint density at radius 2 is 1.93 bits per heavy atom. The predicted octanol–water partition coefficient (Wildman–Crippen LogP) is 4.42. The number of nitrogens with two attached hydrogens (primary N) is 1. The van der Waals surface area contributed by atoms with E-state index >= 15 is 0 Å². The number of primary amides is 1. The lowest BCUT2D eigenvalue weighted by molar-refractivity contribution is 0.0999. The molecule has 0 saturated heterocycles. The zero-order valence-electron chi connectivity index (χ0n) is 15.8. The topological polar surface area (TPSA) is 55.6 Å². The van der Waals surface area contributed by atoms with E-state index in [0.717, 1.165) is 36.1 Å². The predicted molar refractivity (Wildman–Crippen MR) is 110 cm³/mol. The Balaban J connectivity index is 2.07. The third-order valence-electron chi connectivity index (χ3n) is 5.19. The van der Waals surface area contributed by atoms with Gasteiger partial charge in [-0.1, -0.05) is 35.3 Å². The number of carbonyl (C=O) groups excluding carboxylic acids is 1. The molecular weight excluding hydrogens is 383 g/mol. The van der Waals surface area contributed by atoms with Crippen molar-refractivity contribution in [1.82, 2.24) is 4.90 Å². The minimum atomic E-state index is -0.459. The molecule has 0 aromatic heterocycles. The summed E-state index contributed by atoms with van der Waals surface area (Å²) in [5.74, 6) is 0.190. The summed E-state index contributed by atoms with van der Waals surface area (Å²) in [6, 6.07) is 9.44. The van der Waals surface area contributed by atoms with E-state index < -0.39 is 5.91 Å².